The highest BCUT2D eigenvalue weighted by Gasteiger charge is 2.55. The van der Waals surface area contributed by atoms with E-state index in [0.717, 1.165) is 25.3 Å². The maximum atomic E-state index is 12.8. The number of likely N-dealkylation sites (tertiary alicyclic amines) is 1. The summed E-state index contributed by atoms with van der Waals surface area (Å²) in [7, 11) is 0. The first-order valence-electron chi connectivity index (χ1n) is 7.16. The molecule has 0 N–H and O–H groups in total. The molecule has 2 aliphatic carbocycles. The van der Waals surface area contributed by atoms with E-state index in [0.29, 0.717) is 11.9 Å². The van der Waals surface area contributed by atoms with Crippen molar-refractivity contribution in [2.75, 3.05) is 6.54 Å². The summed E-state index contributed by atoms with van der Waals surface area (Å²) in [5.74, 6) is 1.21. The van der Waals surface area contributed by atoms with Crippen LogP contribution < -0.4 is 0 Å². The topological polar surface area (TPSA) is 20.3 Å². The maximum absolute atomic E-state index is 12.8. The number of amides is 1. The van der Waals surface area contributed by atoms with Crippen molar-refractivity contribution >= 4 is 5.91 Å². The molecule has 1 aromatic rings. The Morgan fingerprint density at radius 3 is 2.50 bits per heavy atom. The third-order valence-electron chi connectivity index (χ3n) is 5.16. The number of fused-ring (bicyclic) bond motifs is 2. The first kappa shape index (κ1) is 10.6. The molecule has 0 radical (unpaired) electrons. The Balaban J connectivity index is 1.62. The van der Waals surface area contributed by atoms with Crippen molar-refractivity contribution in [1.82, 2.24) is 4.90 Å². The summed E-state index contributed by atoms with van der Waals surface area (Å²) in [5.41, 5.74) is 1.09. The van der Waals surface area contributed by atoms with Crippen molar-refractivity contribution in [1.29, 1.82) is 0 Å². The summed E-state index contributed by atoms with van der Waals surface area (Å²) in [6, 6.07) is 10.9. The average molecular weight is 241 g/mol. The molecule has 2 atom stereocenters. The van der Waals surface area contributed by atoms with Crippen LogP contribution in [0.2, 0.25) is 0 Å². The quantitative estimate of drug-likeness (QED) is 0.779. The van der Waals surface area contributed by atoms with Crippen LogP contribution in [0.15, 0.2) is 30.3 Å². The second-order valence-corrected chi connectivity index (χ2v) is 6.24. The van der Waals surface area contributed by atoms with E-state index in [1.165, 1.54) is 24.8 Å². The summed E-state index contributed by atoms with van der Waals surface area (Å²) < 4.78 is 0. The lowest BCUT2D eigenvalue weighted by atomic mass is 9.93. The predicted octanol–water partition coefficient (Wildman–Crippen LogP) is 2.73. The lowest BCUT2D eigenvalue weighted by molar-refractivity contribution is -0.135. The molecule has 2 nitrogen and oxygen atoms in total. The first-order chi connectivity index (χ1) is 8.79. The SMILES string of the molecule is O=C(N1CC2CCC1C2)C1(c2ccccc2)CC1. The number of rotatable bonds is 2. The van der Waals surface area contributed by atoms with Gasteiger partial charge in [-0.15, -0.1) is 0 Å². The fourth-order valence-electron chi connectivity index (χ4n) is 3.96. The van der Waals surface area contributed by atoms with E-state index >= 15 is 0 Å². The highest BCUT2D eigenvalue weighted by atomic mass is 16.2. The molecule has 0 spiro atoms. The van der Waals surface area contributed by atoms with Crippen molar-refractivity contribution in [3.05, 3.63) is 35.9 Å². The van der Waals surface area contributed by atoms with Crippen molar-refractivity contribution in [3.8, 4) is 0 Å². The third kappa shape index (κ3) is 1.38. The number of carbonyl (C=O) groups excluding carboxylic acids is 1. The molecule has 2 unspecified atom stereocenters. The molecular weight excluding hydrogens is 222 g/mol. The van der Waals surface area contributed by atoms with Gasteiger partial charge in [-0.2, -0.15) is 0 Å². The second kappa shape index (κ2) is 3.59. The molecule has 4 rings (SSSR count). The highest BCUT2D eigenvalue weighted by molar-refractivity contribution is 5.91. The van der Waals surface area contributed by atoms with Crippen LogP contribution in [0.1, 0.15) is 37.7 Å². The normalized spacial score (nSPS) is 31.7. The van der Waals surface area contributed by atoms with Crippen molar-refractivity contribution in [2.24, 2.45) is 5.92 Å². The van der Waals surface area contributed by atoms with Gasteiger partial charge in [-0.05, 0) is 43.6 Å². The van der Waals surface area contributed by atoms with Gasteiger partial charge in [0.15, 0.2) is 0 Å². The van der Waals surface area contributed by atoms with E-state index in [2.05, 4.69) is 29.2 Å². The van der Waals surface area contributed by atoms with Crippen LogP contribution in [0.5, 0.6) is 0 Å². The lowest BCUT2D eigenvalue weighted by Crippen LogP contribution is -2.43. The van der Waals surface area contributed by atoms with E-state index < -0.39 is 0 Å². The molecule has 1 saturated heterocycles. The van der Waals surface area contributed by atoms with Crippen molar-refractivity contribution in [2.45, 2.75) is 43.6 Å². The van der Waals surface area contributed by atoms with Crippen LogP contribution in [-0.2, 0) is 10.2 Å². The number of hydrogen-bond donors (Lipinski definition) is 0. The molecule has 1 heterocycles. The lowest BCUT2D eigenvalue weighted by Gasteiger charge is -2.31. The molecule has 94 valence electrons. The van der Waals surface area contributed by atoms with E-state index in [4.69, 9.17) is 0 Å². The van der Waals surface area contributed by atoms with Gasteiger partial charge in [-0.3, -0.25) is 4.79 Å². The summed E-state index contributed by atoms with van der Waals surface area (Å²) in [5, 5.41) is 0. The average Bonchev–Trinajstić information content (AvgIpc) is 2.97. The number of benzene rings is 1. The molecule has 1 aliphatic heterocycles. The molecule has 2 bridgehead atoms. The Hall–Kier alpha value is -1.31. The monoisotopic (exact) mass is 241 g/mol. The van der Waals surface area contributed by atoms with Crippen molar-refractivity contribution < 1.29 is 4.79 Å². The molecule has 1 amide bonds. The fourth-order valence-corrected chi connectivity index (χ4v) is 3.96. The first-order valence-corrected chi connectivity index (χ1v) is 7.16. The Labute approximate surface area is 108 Å². The van der Waals surface area contributed by atoms with Crippen LogP contribution in [0.4, 0.5) is 0 Å². The number of hydrogen-bond acceptors (Lipinski definition) is 1. The third-order valence-corrected chi connectivity index (χ3v) is 5.16. The Morgan fingerprint density at radius 2 is 1.94 bits per heavy atom. The fraction of sp³-hybridized carbons (Fsp3) is 0.562. The number of piperidine rings is 1. The van der Waals surface area contributed by atoms with Crippen LogP contribution in [0.25, 0.3) is 0 Å². The van der Waals surface area contributed by atoms with Gasteiger partial charge >= 0.3 is 0 Å². The van der Waals surface area contributed by atoms with Crippen molar-refractivity contribution in [3.63, 3.8) is 0 Å². The molecule has 18 heavy (non-hydrogen) atoms. The zero-order valence-corrected chi connectivity index (χ0v) is 10.6. The van der Waals surface area contributed by atoms with E-state index in [-0.39, 0.29) is 5.41 Å². The zero-order valence-electron chi connectivity index (χ0n) is 10.6. The summed E-state index contributed by atoms with van der Waals surface area (Å²) in [6.07, 6.45) is 5.93. The molecule has 2 heteroatoms. The van der Waals surface area contributed by atoms with Gasteiger partial charge < -0.3 is 4.90 Å². The summed E-state index contributed by atoms with van der Waals surface area (Å²) in [6.45, 7) is 1.03. The molecular formula is C16H19NO. The standard InChI is InChI=1S/C16H19NO/c18-15(17-11-12-6-7-14(17)10-12)16(8-9-16)13-4-2-1-3-5-13/h1-5,12,14H,6-11H2. The van der Waals surface area contributed by atoms with Crippen LogP contribution in [0.3, 0.4) is 0 Å². The van der Waals surface area contributed by atoms with Gasteiger partial charge in [0.1, 0.15) is 0 Å². The van der Waals surface area contributed by atoms with Crippen LogP contribution in [-0.4, -0.2) is 23.4 Å². The van der Waals surface area contributed by atoms with Gasteiger partial charge in [0, 0.05) is 12.6 Å². The van der Waals surface area contributed by atoms with E-state index in [9.17, 15) is 4.79 Å². The molecule has 2 saturated carbocycles. The van der Waals surface area contributed by atoms with Gasteiger partial charge in [-0.25, -0.2) is 0 Å². The molecule has 3 fully saturated rings. The number of carbonyl (C=O) groups is 1. The minimum Gasteiger partial charge on any atom is -0.339 e. The van der Waals surface area contributed by atoms with Gasteiger partial charge in [0.05, 0.1) is 5.41 Å². The van der Waals surface area contributed by atoms with Gasteiger partial charge in [0.2, 0.25) is 5.91 Å². The Kier molecular flexibility index (Phi) is 2.12. The number of nitrogens with zero attached hydrogens (tertiary/aromatic N) is 1. The molecule has 3 aliphatic rings. The maximum Gasteiger partial charge on any atom is 0.233 e. The Bertz CT molecular complexity index is 477. The highest BCUT2D eigenvalue weighted by Crippen LogP contribution is 2.51. The van der Waals surface area contributed by atoms with Crippen LogP contribution in [0, 0.1) is 5.92 Å². The summed E-state index contributed by atoms with van der Waals surface area (Å²) >= 11 is 0. The smallest absolute Gasteiger partial charge is 0.233 e. The van der Waals surface area contributed by atoms with E-state index in [1.54, 1.807) is 0 Å². The second-order valence-electron chi connectivity index (χ2n) is 6.24. The predicted molar refractivity (Wildman–Crippen MR) is 70.2 cm³/mol. The minimum absolute atomic E-state index is 0.147. The van der Waals surface area contributed by atoms with Gasteiger partial charge in [-0.1, -0.05) is 30.3 Å². The largest absolute Gasteiger partial charge is 0.339 e. The minimum atomic E-state index is -0.147. The molecule has 1 aromatic carbocycles. The Morgan fingerprint density at radius 1 is 1.17 bits per heavy atom. The summed E-state index contributed by atoms with van der Waals surface area (Å²) in [4.78, 5) is 15.0. The zero-order chi connectivity index (χ0) is 12.2. The van der Waals surface area contributed by atoms with Crippen LogP contribution >= 0.6 is 0 Å². The van der Waals surface area contributed by atoms with E-state index in [1.807, 2.05) is 6.07 Å². The van der Waals surface area contributed by atoms with Gasteiger partial charge in [0.25, 0.3) is 0 Å². The molecule has 0 aromatic heterocycles.